The number of nitrogens with two attached hydrogens (primary N) is 1. The molecule has 0 saturated carbocycles. The molecule has 1 fully saturated rings. The maximum Gasteiger partial charge on any atom is 0.409 e. The number of hydrogen-bond donors (Lipinski definition) is 2. The van der Waals surface area contributed by atoms with Crippen molar-refractivity contribution in [1.82, 2.24) is 14.9 Å². The van der Waals surface area contributed by atoms with Crippen LogP contribution in [-0.4, -0.2) is 53.7 Å². The van der Waals surface area contributed by atoms with Crippen molar-refractivity contribution in [3.05, 3.63) is 35.6 Å². The number of hydrogen-bond acceptors (Lipinski definition) is 7. The Hall–Kier alpha value is -2.74. The molecule has 0 radical (unpaired) electrons. The average molecular weight is 377 g/mol. The molecule has 1 aliphatic rings. The number of anilines is 4. The van der Waals surface area contributed by atoms with Gasteiger partial charge < -0.3 is 25.6 Å². The van der Waals surface area contributed by atoms with E-state index in [0.717, 1.165) is 5.69 Å². The molecule has 1 saturated heterocycles. The highest BCUT2D eigenvalue weighted by molar-refractivity contribution is 6.30. The van der Waals surface area contributed by atoms with Crippen LogP contribution in [0.2, 0.25) is 5.02 Å². The first-order valence-electron chi connectivity index (χ1n) is 8.38. The zero-order valence-electron chi connectivity index (χ0n) is 14.5. The molecule has 0 bridgehead atoms. The van der Waals surface area contributed by atoms with Crippen LogP contribution < -0.4 is 16.0 Å². The Morgan fingerprint density at radius 1 is 1.23 bits per heavy atom. The quantitative estimate of drug-likeness (QED) is 0.846. The standard InChI is InChI=1S/C17H21ClN6O2/c1-2-26-17(25)24-9-7-23(8-10-24)16-14(19)15(20-11-21-16)22-13-5-3-12(18)4-6-13/h3-6,11H,2,7-10,19H2,1H3,(H,20,21,22). The van der Waals surface area contributed by atoms with Crippen LogP contribution in [0.1, 0.15) is 6.92 Å². The maximum atomic E-state index is 11.8. The zero-order chi connectivity index (χ0) is 18.5. The normalized spacial score (nSPS) is 14.2. The highest BCUT2D eigenvalue weighted by atomic mass is 35.5. The van der Waals surface area contributed by atoms with Crippen LogP contribution in [0.3, 0.4) is 0 Å². The minimum absolute atomic E-state index is 0.284. The minimum atomic E-state index is -0.284. The fourth-order valence-corrected chi connectivity index (χ4v) is 2.85. The number of piperazine rings is 1. The van der Waals surface area contributed by atoms with Crippen molar-refractivity contribution >= 4 is 40.7 Å². The highest BCUT2D eigenvalue weighted by Gasteiger charge is 2.24. The molecule has 1 aliphatic heterocycles. The summed E-state index contributed by atoms with van der Waals surface area (Å²) in [5, 5.41) is 3.84. The fraction of sp³-hybridized carbons (Fsp3) is 0.353. The maximum absolute atomic E-state index is 11.8. The summed E-state index contributed by atoms with van der Waals surface area (Å²) >= 11 is 5.90. The summed E-state index contributed by atoms with van der Waals surface area (Å²) in [7, 11) is 0. The predicted molar refractivity (Wildman–Crippen MR) is 102 cm³/mol. The van der Waals surface area contributed by atoms with Gasteiger partial charge in [-0.2, -0.15) is 0 Å². The topological polar surface area (TPSA) is 96.6 Å². The van der Waals surface area contributed by atoms with Gasteiger partial charge in [0.1, 0.15) is 12.0 Å². The molecular formula is C17H21ClN6O2. The highest BCUT2D eigenvalue weighted by Crippen LogP contribution is 2.29. The van der Waals surface area contributed by atoms with Gasteiger partial charge in [0.15, 0.2) is 11.6 Å². The number of nitrogen functional groups attached to an aromatic ring is 1. The fourth-order valence-electron chi connectivity index (χ4n) is 2.72. The lowest BCUT2D eigenvalue weighted by Crippen LogP contribution is -2.49. The number of halogens is 1. The second-order valence-corrected chi connectivity index (χ2v) is 6.20. The third-order valence-electron chi connectivity index (χ3n) is 4.08. The molecule has 26 heavy (non-hydrogen) atoms. The van der Waals surface area contributed by atoms with Crippen LogP contribution >= 0.6 is 11.6 Å². The first kappa shape index (κ1) is 18.1. The van der Waals surface area contributed by atoms with Gasteiger partial charge in [-0.25, -0.2) is 14.8 Å². The Balaban J connectivity index is 1.70. The third-order valence-corrected chi connectivity index (χ3v) is 4.33. The number of rotatable bonds is 4. The SMILES string of the molecule is CCOC(=O)N1CCN(c2ncnc(Nc3ccc(Cl)cc3)c2N)CC1. The van der Waals surface area contributed by atoms with Crippen LogP contribution in [0.15, 0.2) is 30.6 Å². The molecule has 1 amide bonds. The van der Waals surface area contributed by atoms with Gasteiger partial charge in [0, 0.05) is 36.9 Å². The van der Waals surface area contributed by atoms with Crippen molar-refractivity contribution in [3.8, 4) is 0 Å². The first-order chi connectivity index (χ1) is 12.6. The van der Waals surface area contributed by atoms with Crippen LogP contribution in [0.25, 0.3) is 0 Å². The van der Waals surface area contributed by atoms with Crippen molar-refractivity contribution in [3.63, 3.8) is 0 Å². The van der Waals surface area contributed by atoms with Gasteiger partial charge in [0.25, 0.3) is 0 Å². The van der Waals surface area contributed by atoms with Crippen LogP contribution in [0.5, 0.6) is 0 Å². The van der Waals surface area contributed by atoms with Gasteiger partial charge in [0.2, 0.25) is 0 Å². The second-order valence-electron chi connectivity index (χ2n) is 5.76. The van der Waals surface area contributed by atoms with E-state index in [-0.39, 0.29) is 6.09 Å². The Morgan fingerprint density at radius 3 is 2.58 bits per heavy atom. The average Bonchev–Trinajstić information content (AvgIpc) is 2.66. The van der Waals surface area contributed by atoms with Crippen LogP contribution in [0, 0.1) is 0 Å². The molecule has 8 nitrogen and oxygen atoms in total. The summed E-state index contributed by atoms with van der Waals surface area (Å²) in [5.74, 6) is 1.19. The molecule has 9 heteroatoms. The molecule has 2 heterocycles. The Morgan fingerprint density at radius 2 is 1.92 bits per heavy atom. The Bertz CT molecular complexity index is 762. The van der Waals surface area contributed by atoms with E-state index in [1.165, 1.54) is 6.33 Å². The zero-order valence-corrected chi connectivity index (χ0v) is 15.2. The molecular weight excluding hydrogens is 356 g/mol. The number of aromatic nitrogens is 2. The second kappa shape index (κ2) is 8.09. The van der Waals surface area contributed by atoms with Crippen molar-refractivity contribution in [2.45, 2.75) is 6.92 Å². The molecule has 138 valence electrons. The first-order valence-corrected chi connectivity index (χ1v) is 8.76. The number of benzene rings is 1. The predicted octanol–water partition coefficient (Wildman–Crippen LogP) is 2.73. The van der Waals surface area contributed by atoms with E-state index < -0.39 is 0 Å². The minimum Gasteiger partial charge on any atom is -0.450 e. The lowest BCUT2D eigenvalue weighted by molar-refractivity contribution is 0.105. The Kier molecular flexibility index (Phi) is 5.62. The number of carbonyl (C=O) groups excluding carboxylic acids is 1. The van der Waals surface area contributed by atoms with E-state index in [9.17, 15) is 4.79 Å². The molecule has 3 N–H and O–H groups in total. The van der Waals surface area contributed by atoms with Crippen molar-refractivity contribution < 1.29 is 9.53 Å². The summed E-state index contributed by atoms with van der Waals surface area (Å²) in [4.78, 5) is 24.1. The molecule has 2 aromatic rings. The summed E-state index contributed by atoms with van der Waals surface area (Å²) in [6.45, 7) is 4.54. The van der Waals surface area contributed by atoms with Gasteiger partial charge in [0.05, 0.1) is 6.61 Å². The van der Waals surface area contributed by atoms with E-state index in [4.69, 9.17) is 22.1 Å². The van der Waals surface area contributed by atoms with Gasteiger partial charge in [-0.05, 0) is 31.2 Å². The molecule has 0 atom stereocenters. The summed E-state index contributed by atoms with van der Waals surface area (Å²) in [6.07, 6.45) is 1.19. The molecule has 0 aliphatic carbocycles. The molecule has 0 unspecified atom stereocenters. The Labute approximate surface area is 156 Å². The van der Waals surface area contributed by atoms with E-state index in [1.807, 2.05) is 17.0 Å². The van der Waals surface area contributed by atoms with Gasteiger partial charge in [-0.15, -0.1) is 0 Å². The van der Waals surface area contributed by atoms with E-state index in [0.29, 0.717) is 55.1 Å². The molecule has 0 spiro atoms. The van der Waals surface area contributed by atoms with E-state index >= 15 is 0 Å². The number of nitrogens with one attached hydrogen (secondary N) is 1. The van der Waals surface area contributed by atoms with Crippen LogP contribution in [-0.2, 0) is 4.74 Å². The number of nitrogens with zero attached hydrogens (tertiary/aromatic N) is 4. The lowest BCUT2D eigenvalue weighted by Gasteiger charge is -2.35. The monoisotopic (exact) mass is 376 g/mol. The van der Waals surface area contributed by atoms with E-state index in [1.54, 1.807) is 24.0 Å². The van der Waals surface area contributed by atoms with Crippen molar-refractivity contribution in [1.29, 1.82) is 0 Å². The number of amides is 1. The van der Waals surface area contributed by atoms with Gasteiger partial charge >= 0.3 is 6.09 Å². The van der Waals surface area contributed by atoms with Crippen molar-refractivity contribution in [2.75, 3.05) is 48.7 Å². The lowest BCUT2D eigenvalue weighted by atomic mass is 10.3. The van der Waals surface area contributed by atoms with Gasteiger partial charge in [-0.1, -0.05) is 11.6 Å². The molecule has 1 aromatic carbocycles. The number of ether oxygens (including phenoxy) is 1. The summed E-state index contributed by atoms with van der Waals surface area (Å²) in [5.41, 5.74) is 7.57. The van der Waals surface area contributed by atoms with Gasteiger partial charge in [-0.3, -0.25) is 0 Å². The summed E-state index contributed by atoms with van der Waals surface area (Å²) < 4.78 is 5.04. The third kappa shape index (κ3) is 4.08. The number of carbonyl (C=O) groups is 1. The van der Waals surface area contributed by atoms with E-state index in [2.05, 4.69) is 15.3 Å². The summed E-state index contributed by atoms with van der Waals surface area (Å²) in [6, 6.07) is 7.27. The van der Waals surface area contributed by atoms with Crippen LogP contribution in [0.4, 0.5) is 27.8 Å². The van der Waals surface area contributed by atoms with Crippen molar-refractivity contribution in [2.24, 2.45) is 0 Å². The largest absolute Gasteiger partial charge is 0.450 e. The molecule has 1 aromatic heterocycles. The molecule has 3 rings (SSSR count). The smallest absolute Gasteiger partial charge is 0.409 e.